The summed E-state index contributed by atoms with van der Waals surface area (Å²) in [7, 11) is 0. The SMILES string of the molecule is Cc1cncc(CCC(=O)C2CC2)c1. The molecule has 0 N–H and O–H groups in total. The summed E-state index contributed by atoms with van der Waals surface area (Å²) in [4.78, 5) is 15.6. The fourth-order valence-electron chi connectivity index (χ4n) is 1.63. The quantitative estimate of drug-likeness (QED) is 0.727. The minimum atomic E-state index is 0.396. The monoisotopic (exact) mass is 189 g/mol. The highest BCUT2D eigenvalue weighted by atomic mass is 16.1. The maximum Gasteiger partial charge on any atom is 0.136 e. The topological polar surface area (TPSA) is 30.0 Å². The molecule has 1 aromatic heterocycles. The van der Waals surface area contributed by atoms with E-state index in [4.69, 9.17) is 0 Å². The Labute approximate surface area is 84.4 Å². The molecule has 74 valence electrons. The molecular weight excluding hydrogens is 174 g/mol. The summed E-state index contributed by atoms with van der Waals surface area (Å²) >= 11 is 0. The van der Waals surface area contributed by atoms with Gasteiger partial charge in [-0.1, -0.05) is 6.07 Å². The van der Waals surface area contributed by atoms with Crippen molar-refractivity contribution in [2.24, 2.45) is 5.92 Å². The number of Topliss-reactive ketones (excluding diaryl/α,β-unsaturated/α-hetero) is 1. The summed E-state index contributed by atoms with van der Waals surface area (Å²) in [5.74, 6) is 0.833. The van der Waals surface area contributed by atoms with Crippen LogP contribution in [0.15, 0.2) is 18.5 Å². The second-order valence-corrected chi connectivity index (χ2v) is 4.11. The lowest BCUT2D eigenvalue weighted by Gasteiger charge is -2.00. The summed E-state index contributed by atoms with van der Waals surface area (Å²) in [6.45, 7) is 2.03. The van der Waals surface area contributed by atoms with Crippen LogP contribution in [-0.4, -0.2) is 10.8 Å². The average molecular weight is 189 g/mol. The Morgan fingerprint density at radius 2 is 2.29 bits per heavy atom. The van der Waals surface area contributed by atoms with Gasteiger partial charge in [0.15, 0.2) is 0 Å². The van der Waals surface area contributed by atoms with Crippen LogP contribution in [-0.2, 0) is 11.2 Å². The van der Waals surface area contributed by atoms with E-state index in [1.807, 2.05) is 19.3 Å². The van der Waals surface area contributed by atoms with Crippen molar-refractivity contribution in [3.8, 4) is 0 Å². The zero-order valence-electron chi connectivity index (χ0n) is 8.49. The Hall–Kier alpha value is -1.18. The Bertz CT molecular complexity index is 342. The van der Waals surface area contributed by atoms with E-state index >= 15 is 0 Å². The second-order valence-electron chi connectivity index (χ2n) is 4.11. The van der Waals surface area contributed by atoms with Crippen LogP contribution in [0.4, 0.5) is 0 Å². The second kappa shape index (κ2) is 3.91. The number of hydrogen-bond donors (Lipinski definition) is 0. The zero-order chi connectivity index (χ0) is 9.97. The highest BCUT2D eigenvalue weighted by molar-refractivity contribution is 5.83. The largest absolute Gasteiger partial charge is 0.299 e. The van der Waals surface area contributed by atoms with Gasteiger partial charge in [0.25, 0.3) is 0 Å². The first kappa shape index (κ1) is 9.38. The van der Waals surface area contributed by atoms with Gasteiger partial charge < -0.3 is 0 Å². The minimum absolute atomic E-state index is 0.396. The molecule has 1 fully saturated rings. The van der Waals surface area contributed by atoms with Crippen molar-refractivity contribution in [3.63, 3.8) is 0 Å². The molecule has 2 heteroatoms. The van der Waals surface area contributed by atoms with Crippen LogP contribution in [0.1, 0.15) is 30.4 Å². The molecule has 0 atom stereocenters. The Kier molecular flexibility index (Phi) is 2.62. The number of pyridine rings is 1. The minimum Gasteiger partial charge on any atom is -0.299 e. The van der Waals surface area contributed by atoms with Crippen LogP contribution in [0.25, 0.3) is 0 Å². The third kappa shape index (κ3) is 2.41. The number of rotatable bonds is 4. The number of aromatic nitrogens is 1. The fourth-order valence-corrected chi connectivity index (χ4v) is 1.63. The molecule has 0 unspecified atom stereocenters. The van der Waals surface area contributed by atoms with Crippen molar-refractivity contribution in [1.29, 1.82) is 0 Å². The molecule has 0 aliphatic heterocycles. The van der Waals surface area contributed by atoms with Crippen LogP contribution in [0, 0.1) is 12.8 Å². The van der Waals surface area contributed by atoms with Gasteiger partial charge in [0, 0.05) is 24.7 Å². The molecule has 14 heavy (non-hydrogen) atoms. The first-order valence-electron chi connectivity index (χ1n) is 5.19. The molecule has 2 nitrogen and oxygen atoms in total. The Balaban J connectivity index is 1.87. The number of nitrogens with zero attached hydrogens (tertiary/aromatic N) is 1. The van der Waals surface area contributed by atoms with Gasteiger partial charge in [0.1, 0.15) is 5.78 Å². The normalized spacial score (nSPS) is 15.5. The molecular formula is C12H15NO. The zero-order valence-corrected chi connectivity index (χ0v) is 8.49. The number of aryl methyl sites for hydroxylation is 2. The number of carbonyl (C=O) groups is 1. The molecule has 0 bridgehead atoms. The van der Waals surface area contributed by atoms with E-state index in [0.29, 0.717) is 18.1 Å². The van der Waals surface area contributed by atoms with E-state index in [-0.39, 0.29) is 0 Å². The van der Waals surface area contributed by atoms with E-state index in [2.05, 4.69) is 11.1 Å². The highest BCUT2D eigenvalue weighted by Crippen LogP contribution is 2.31. The van der Waals surface area contributed by atoms with Crippen LogP contribution in [0.3, 0.4) is 0 Å². The maximum absolute atomic E-state index is 11.4. The van der Waals surface area contributed by atoms with Gasteiger partial charge in [-0.3, -0.25) is 9.78 Å². The molecule has 1 aliphatic rings. The molecule has 1 saturated carbocycles. The highest BCUT2D eigenvalue weighted by Gasteiger charge is 2.28. The van der Waals surface area contributed by atoms with Gasteiger partial charge >= 0.3 is 0 Å². The Morgan fingerprint density at radius 1 is 1.50 bits per heavy atom. The molecule has 0 aromatic carbocycles. The van der Waals surface area contributed by atoms with Gasteiger partial charge in [-0.05, 0) is 37.3 Å². The lowest BCUT2D eigenvalue weighted by molar-refractivity contribution is -0.120. The first-order valence-corrected chi connectivity index (χ1v) is 5.19. The third-order valence-corrected chi connectivity index (χ3v) is 2.62. The van der Waals surface area contributed by atoms with Crippen LogP contribution in [0.5, 0.6) is 0 Å². The van der Waals surface area contributed by atoms with Crippen molar-refractivity contribution in [1.82, 2.24) is 4.98 Å². The van der Waals surface area contributed by atoms with E-state index < -0.39 is 0 Å². The number of carbonyl (C=O) groups excluding carboxylic acids is 1. The summed E-state index contributed by atoms with van der Waals surface area (Å²) in [6, 6.07) is 2.10. The lowest BCUT2D eigenvalue weighted by Crippen LogP contribution is -2.02. The first-order chi connectivity index (χ1) is 6.75. The van der Waals surface area contributed by atoms with E-state index in [0.717, 1.165) is 19.3 Å². The van der Waals surface area contributed by atoms with Crippen molar-refractivity contribution in [2.75, 3.05) is 0 Å². The van der Waals surface area contributed by atoms with Gasteiger partial charge in [-0.25, -0.2) is 0 Å². The van der Waals surface area contributed by atoms with E-state index in [9.17, 15) is 4.79 Å². The van der Waals surface area contributed by atoms with Gasteiger partial charge in [-0.2, -0.15) is 0 Å². The van der Waals surface area contributed by atoms with Crippen LogP contribution in [0.2, 0.25) is 0 Å². The lowest BCUT2D eigenvalue weighted by atomic mass is 10.1. The third-order valence-electron chi connectivity index (χ3n) is 2.62. The van der Waals surface area contributed by atoms with Crippen molar-refractivity contribution < 1.29 is 4.79 Å². The van der Waals surface area contributed by atoms with E-state index in [1.165, 1.54) is 11.1 Å². The van der Waals surface area contributed by atoms with Crippen molar-refractivity contribution >= 4 is 5.78 Å². The molecule has 0 saturated heterocycles. The average Bonchev–Trinajstić information content (AvgIpc) is 2.97. The molecule has 0 radical (unpaired) electrons. The summed E-state index contributed by atoms with van der Waals surface area (Å²) < 4.78 is 0. The molecule has 1 aliphatic carbocycles. The summed E-state index contributed by atoms with van der Waals surface area (Å²) in [5.41, 5.74) is 2.35. The molecule has 0 amide bonds. The number of ketones is 1. The molecule has 2 rings (SSSR count). The summed E-state index contributed by atoms with van der Waals surface area (Å²) in [6.07, 6.45) is 7.47. The van der Waals surface area contributed by atoms with Gasteiger partial charge in [0.05, 0.1) is 0 Å². The summed E-state index contributed by atoms with van der Waals surface area (Å²) in [5, 5.41) is 0. The van der Waals surface area contributed by atoms with Crippen molar-refractivity contribution in [2.45, 2.75) is 32.6 Å². The van der Waals surface area contributed by atoms with Crippen LogP contribution >= 0.6 is 0 Å². The molecule has 1 heterocycles. The standard InChI is InChI=1S/C12H15NO/c1-9-6-10(8-13-7-9)2-5-12(14)11-3-4-11/h6-8,11H,2-5H2,1H3. The predicted molar refractivity (Wildman–Crippen MR) is 55.0 cm³/mol. The fraction of sp³-hybridized carbons (Fsp3) is 0.500. The Morgan fingerprint density at radius 3 is 2.93 bits per heavy atom. The van der Waals surface area contributed by atoms with Crippen molar-refractivity contribution in [3.05, 3.63) is 29.6 Å². The van der Waals surface area contributed by atoms with Crippen LogP contribution < -0.4 is 0 Å². The van der Waals surface area contributed by atoms with E-state index in [1.54, 1.807) is 0 Å². The molecule has 1 aromatic rings. The predicted octanol–water partition coefficient (Wildman–Crippen LogP) is 2.30. The number of hydrogen-bond acceptors (Lipinski definition) is 2. The smallest absolute Gasteiger partial charge is 0.136 e. The maximum atomic E-state index is 11.4. The van der Waals surface area contributed by atoms with Gasteiger partial charge in [0.2, 0.25) is 0 Å². The molecule has 0 spiro atoms. The van der Waals surface area contributed by atoms with Gasteiger partial charge in [-0.15, -0.1) is 0 Å².